The first-order chi connectivity index (χ1) is 12.1. The van der Waals surface area contributed by atoms with E-state index in [2.05, 4.69) is 20.2 Å². The van der Waals surface area contributed by atoms with Gasteiger partial charge in [0.2, 0.25) is 0 Å². The minimum atomic E-state index is -4.61. The Balaban J connectivity index is 1.93. The van der Waals surface area contributed by atoms with Crippen molar-refractivity contribution in [1.29, 1.82) is 0 Å². The number of nitrogens with zero attached hydrogens (tertiary/aromatic N) is 3. The molecule has 26 heavy (non-hydrogen) atoms. The van der Waals surface area contributed by atoms with Gasteiger partial charge in [-0.3, -0.25) is 4.79 Å². The van der Waals surface area contributed by atoms with Gasteiger partial charge in [-0.05, 0) is 24.6 Å². The highest BCUT2D eigenvalue weighted by Gasteiger charge is 2.32. The third-order valence-electron chi connectivity index (χ3n) is 3.68. The van der Waals surface area contributed by atoms with Crippen molar-refractivity contribution in [3.05, 3.63) is 62.4 Å². The van der Waals surface area contributed by atoms with Crippen molar-refractivity contribution in [3.8, 4) is 10.7 Å². The fraction of sp³-hybridized carbons (Fsp3) is 0.250. The summed E-state index contributed by atoms with van der Waals surface area (Å²) in [5.74, 6) is -1.16. The molecule has 10 heteroatoms. The van der Waals surface area contributed by atoms with Crippen LogP contribution in [0.25, 0.3) is 10.7 Å². The lowest BCUT2D eigenvalue weighted by Crippen LogP contribution is -2.08. The van der Waals surface area contributed by atoms with Crippen molar-refractivity contribution in [2.75, 3.05) is 0 Å². The quantitative estimate of drug-likeness (QED) is 0.695. The largest absolute Gasteiger partial charge is 0.416 e. The molecule has 0 unspecified atom stereocenters. The topological polar surface area (TPSA) is 71.5 Å². The number of H-pyrrole nitrogens is 1. The maximum absolute atomic E-state index is 14.2. The summed E-state index contributed by atoms with van der Waals surface area (Å²) < 4.78 is 52.1. The summed E-state index contributed by atoms with van der Waals surface area (Å²) in [7, 11) is 0. The van der Waals surface area contributed by atoms with Gasteiger partial charge in [0.05, 0.1) is 5.56 Å². The average molecular weight is 384 g/mol. The number of hydrogen-bond acceptors (Lipinski definition) is 5. The van der Waals surface area contributed by atoms with Crippen LogP contribution in [0.3, 0.4) is 0 Å². The standard InChI is InChI=1S/C16H12F4N4OS/c1-7(10-4-3-9(5-11(10)17)16(18,19)20)14-23-24-15(26-14)12-6-13(25)22-8(2)21-12/h3-7H,1-2H3,(H,21,22,25)/t7-/m0/s1. The van der Waals surface area contributed by atoms with Crippen LogP contribution in [0.1, 0.15) is 34.8 Å². The Bertz CT molecular complexity index is 1010. The second kappa shape index (κ2) is 6.60. The number of halogens is 4. The predicted octanol–water partition coefficient (Wildman–Crippen LogP) is 3.91. The van der Waals surface area contributed by atoms with Crippen molar-refractivity contribution in [2.45, 2.75) is 25.9 Å². The zero-order valence-electron chi connectivity index (χ0n) is 13.6. The number of benzene rings is 1. The molecule has 0 aliphatic rings. The zero-order valence-corrected chi connectivity index (χ0v) is 14.4. The number of nitrogens with one attached hydrogen (secondary N) is 1. The van der Waals surface area contributed by atoms with Crippen molar-refractivity contribution in [3.63, 3.8) is 0 Å². The molecule has 1 N–H and O–H groups in total. The van der Waals surface area contributed by atoms with Crippen LogP contribution >= 0.6 is 11.3 Å². The zero-order chi connectivity index (χ0) is 19.1. The third kappa shape index (κ3) is 3.64. The van der Waals surface area contributed by atoms with Gasteiger partial charge in [-0.25, -0.2) is 9.37 Å². The maximum Gasteiger partial charge on any atom is 0.416 e. The van der Waals surface area contributed by atoms with Crippen LogP contribution in [-0.4, -0.2) is 20.2 Å². The summed E-state index contributed by atoms with van der Waals surface area (Å²) in [6, 6.07) is 3.66. The van der Waals surface area contributed by atoms with E-state index >= 15 is 0 Å². The summed E-state index contributed by atoms with van der Waals surface area (Å²) in [6.07, 6.45) is -4.61. The Morgan fingerprint density at radius 3 is 2.54 bits per heavy atom. The van der Waals surface area contributed by atoms with E-state index in [1.165, 1.54) is 6.07 Å². The summed E-state index contributed by atoms with van der Waals surface area (Å²) in [6.45, 7) is 3.24. The van der Waals surface area contributed by atoms with Crippen LogP contribution in [0.5, 0.6) is 0 Å². The highest BCUT2D eigenvalue weighted by Crippen LogP contribution is 2.35. The van der Waals surface area contributed by atoms with E-state index in [4.69, 9.17) is 0 Å². The average Bonchev–Trinajstić information content (AvgIpc) is 3.02. The van der Waals surface area contributed by atoms with E-state index in [1.54, 1.807) is 13.8 Å². The molecule has 2 heterocycles. The number of rotatable bonds is 3. The molecular formula is C16H12F4N4OS. The Morgan fingerprint density at radius 1 is 1.19 bits per heavy atom. The first kappa shape index (κ1) is 18.2. The minimum absolute atomic E-state index is 0.0794. The Labute approximate surface area is 148 Å². The van der Waals surface area contributed by atoms with Crippen LogP contribution in [0.2, 0.25) is 0 Å². The van der Waals surface area contributed by atoms with Gasteiger partial charge in [-0.1, -0.05) is 24.3 Å². The molecule has 0 bridgehead atoms. The molecule has 5 nitrogen and oxygen atoms in total. The van der Waals surface area contributed by atoms with Crippen molar-refractivity contribution in [2.24, 2.45) is 0 Å². The van der Waals surface area contributed by atoms with Crippen LogP contribution in [-0.2, 0) is 6.18 Å². The molecule has 0 amide bonds. The van der Waals surface area contributed by atoms with Gasteiger partial charge < -0.3 is 4.98 Å². The molecule has 0 saturated carbocycles. The number of aryl methyl sites for hydroxylation is 1. The van der Waals surface area contributed by atoms with Gasteiger partial charge in [0.25, 0.3) is 5.56 Å². The molecule has 1 atom stereocenters. The number of hydrogen-bond donors (Lipinski definition) is 1. The number of aromatic nitrogens is 4. The van der Waals surface area contributed by atoms with Crippen LogP contribution < -0.4 is 5.56 Å². The molecule has 1 aromatic carbocycles. The lowest BCUT2D eigenvalue weighted by atomic mass is 9.99. The summed E-state index contributed by atoms with van der Waals surface area (Å²) >= 11 is 1.10. The smallest absolute Gasteiger partial charge is 0.311 e. The van der Waals surface area contributed by atoms with Crippen molar-refractivity contribution < 1.29 is 17.6 Å². The normalized spacial score (nSPS) is 13.0. The molecule has 2 aromatic heterocycles. The summed E-state index contributed by atoms with van der Waals surface area (Å²) in [5, 5.41) is 8.69. The van der Waals surface area contributed by atoms with Crippen molar-refractivity contribution in [1.82, 2.24) is 20.2 Å². The highest BCUT2D eigenvalue weighted by atomic mass is 32.1. The molecule has 136 valence electrons. The van der Waals surface area contributed by atoms with Gasteiger partial charge in [-0.15, -0.1) is 10.2 Å². The van der Waals surface area contributed by atoms with E-state index < -0.39 is 23.5 Å². The second-order valence-corrected chi connectivity index (χ2v) is 6.63. The molecule has 0 aliphatic heterocycles. The van der Waals surface area contributed by atoms with Crippen molar-refractivity contribution >= 4 is 11.3 Å². The molecule has 0 radical (unpaired) electrons. The molecular weight excluding hydrogens is 372 g/mol. The van der Waals surface area contributed by atoms with E-state index in [1.807, 2.05) is 0 Å². The van der Waals surface area contributed by atoms with E-state index in [9.17, 15) is 22.4 Å². The van der Waals surface area contributed by atoms with Crippen LogP contribution in [0.15, 0.2) is 29.1 Å². The fourth-order valence-electron chi connectivity index (χ4n) is 2.39. The first-order valence-corrected chi connectivity index (χ1v) is 8.25. The third-order valence-corrected chi connectivity index (χ3v) is 4.81. The molecule has 3 rings (SSSR count). The molecule has 0 saturated heterocycles. The Kier molecular flexibility index (Phi) is 4.61. The fourth-order valence-corrected chi connectivity index (χ4v) is 3.26. The van der Waals surface area contributed by atoms with Crippen LogP contribution in [0.4, 0.5) is 17.6 Å². The number of aromatic amines is 1. The SMILES string of the molecule is Cc1nc(-c2nnc([C@@H](C)c3ccc(C(F)(F)F)cc3F)s2)cc(=O)[nH]1. The van der Waals surface area contributed by atoms with Crippen LogP contribution in [0, 0.1) is 12.7 Å². The minimum Gasteiger partial charge on any atom is -0.311 e. The highest BCUT2D eigenvalue weighted by molar-refractivity contribution is 7.14. The van der Waals surface area contributed by atoms with E-state index in [0.29, 0.717) is 27.6 Å². The molecule has 0 aliphatic carbocycles. The molecule has 0 spiro atoms. The Morgan fingerprint density at radius 2 is 1.92 bits per heavy atom. The van der Waals surface area contributed by atoms with Gasteiger partial charge in [0.1, 0.15) is 22.3 Å². The monoisotopic (exact) mass is 384 g/mol. The lowest BCUT2D eigenvalue weighted by molar-refractivity contribution is -0.137. The summed E-state index contributed by atoms with van der Waals surface area (Å²) in [4.78, 5) is 18.2. The second-order valence-electron chi connectivity index (χ2n) is 5.62. The first-order valence-electron chi connectivity index (χ1n) is 7.43. The lowest BCUT2D eigenvalue weighted by Gasteiger charge is -2.12. The Hall–Kier alpha value is -2.62. The van der Waals surface area contributed by atoms with Gasteiger partial charge >= 0.3 is 6.18 Å². The number of alkyl halides is 3. The van der Waals surface area contributed by atoms with Gasteiger partial charge in [0.15, 0.2) is 5.01 Å². The van der Waals surface area contributed by atoms with E-state index in [-0.39, 0.29) is 11.1 Å². The predicted molar refractivity (Wildman–Crippen MR) is 87.4 cm³/mol. The maximum atomic E-state index is 14.2. The molecule has 0 fully saturated rings. The molecule has 3 aromatic rings. The summed E-state index contributed by atoms with van der Waals surface area (Å²) in [5.41, 5.74) is -0.982. The van der Waals surface area contributed by atoms with E-state index in [0.717, 1.165) is 23.5 Å². The van der Waals surface area contributed by atoms with Gasteiger partial charge in [-0.2, -0.15) is 13.2 Å². The van der Waals surface area contributed by atoms with Gasteiger partial charge in [0, 0.05) is 12.0 Å².